The van der Waals surface area contributed by atoms with Crippen molar-refractivity contribution in [2.24, 2.45) is 0 Å². The van der Waals surface area contributed by atoms with E-state index in [0.29, 0.717) is 36.1 Å². The van der Waals surface area contributed by atoms with Crippen LogP contribution in [0.15, 0.2) is 21.5 Å². The van der Waals surface area contributed by atoms with Crippen molar-refractivity contribution in [3.8, 4) is 0 Å². The Hall–Kier alpha value is -0.620. The van der Waals surface area contributed by atoms with E-state index < -0.39 is 11.6 Å². The van der Waals surface area contributed by atoms with Crippen molar-refractivity contribution in [2.75, 3.05) is 12.4 Å². The lowest BCUT2D eigenvalue weighted by atomic mass is 10.2. The Morgan fingerprint density at radius 3 is 2.53 bits per heavy atom. The lowest BCUT2D eigenvalue weighted by molar-refractivity contribution is -0.143. The van der Waals surface area contributed by atoms with E-state index in [2.05, 4.69) is 15.9 Å². The van der Waals surface area contributed by atoms with Crippen LogP contribution in [0, 0.1) is 11.6 Å². The molecular weight excluding hydrogens is 338 g/mol. The maximum absolute atomic E-state index is 13.5. The van der Waals surface area contributed by atoms with Crippen molar-refractivity contribution in [3.05, 3.63) is 28.2 Å². The molecule has 0 heterocycles. The van der Waals surface area contributed by atoms with E-state index in [9.17, 15) is 13.6 Å². The van der Waals surface area contributed by atoms with Gasteiger partial charge in [-0.05, 0) is 37.7 Å². The summed E-state index contributed by atoms with van der Waals surface area (Å²) >= 11 is 4.15. The molecule has 0 radical (unpaired) electrons. The topological polar surface area (TPSA) is 26.3 Å². The molecule has 1 rings (SSSR count). The predicted octanol–water partition coefficient (Wildman–Crippen LogP) is 4.55. The molecule has 106 valence electrons. The second-order valence-electron chi connectivity index (χ2n) is 3.81. The Morgan fingerprint density at radius 2 is 1.95 bits per heavy atom. The van der Waals surface area contributed by atoms with Gasteiger partial charge in [0.1, 0.15) is 11.6 Å². The van der Waals surface area contributed by atoms with Crippen molar-refractivity contribution >= 4 is 33.7 Å². The highest BCUT2D eigenvalue weighted by molar-refractivity contribution is 9.10. The van der Waals surface area contributed by atoms with Crippen LogP contribution in [0.25, 0.3) is 0 Å². The van der Waals surface area contributed by atoms with Gasteiger partial charge < -0.3 is 4.74 Å². The summed E-state index contributed by atoms with van der Waals surface area (Å²) in [4.78, 5) is 11.1. The lowest BCUT2D eigenvalue weighted by Gasteiger charge is -2.05. The Morgan fingerprint density at radius 1 is 1.32 bits per heavy atom. The van der Waals surface area contributed by atoms with Gasteiger partial charge in [-0.25, -0.2) is 8.78 Å². The van der Waals surface area contributed by atoms with E-state index in [-0.39, 0.29) is 10.9 Å². The van der Waals surface area contributed by atoms with E-state index in [1.54, 1.807) is 6.92 Å². The molecule has 19 heavy (non-hydrogen) atoms. The maximum Gasteiger partial charge on any atom is 0.305 e. The second kappa shape index (κ2) is 8.53. The highest BCUT2D eigenvalue weighted by atomic mass is 79.9. The van der Waals surface area contributed by atoms with Gasteiger partial charge in [-0.1, -0.05) is 15.9 Å². The number of ether oxygens (including phenoxy) is 1. The van der Waals surface area contributed by atoms with Crippen LogP contribution in [0.4, 0.5) is 8.78 Å². The minimum Gasteiger partial charge on any atom is -0.466 e. The number of halogens is 3. The van der Waals surface area contributed by atoms with E-state index in [0.717, 1.165) is 11.8 Å². The SMILES string of the molecule is CCOC(=O)CCCCSc1c(F)cc(Br)cc1F. The molecule has 0 aromatic heterocycles. The van der Waals surface area contributed by atoms with Crippen molar-refractivity contribution in [3.63, 3.8) is 0 Å². The van der Waals surface area contributed by atoms with Crippen LogP contribution >= 0.6 is 27.7 Å². The number of benzene rings is 1. The van der Waals surface area contributed by atoms with Crippen LogP contribution in [0.3, 0.4) is 0 Å². The first-order valence-corrected chi connectivity index (χ1v) is 7.75. The summed E-state index contributed by atoms with van der Waals surface area (Å²) in [5.74, 6) is -0.799. The highest BCUT2D eigenvalue weighted by Crippen LogP contribution is 2.28. The number of esters is 1. The van der Waals surface area contributed by atoms with Gasteiger partial charge in [-0.3, -0.25) is 4.79 Å². The van der Waals surface area contributed by atoms with E-state index in [4.69, 9.17) is 4.74 Å². The molecule has 0 atom stereocenters. The van der Waals surface area contributed by atoms with Gasteiger partial charge in [0.2, 0.25) is 0 Å². The van der Waals surface area contributed by atoms with Crippen LogP contribution in [-0.4, -0.2) is 18.3 Å². The molecule has 0 fully saturated rings. The molecule has 0 aliphatic rings. The summed E-state index contributed by atoms with van der Waals surface area (Å²) < 4.78 is 32.1. The number of rotatable bonds is 7. The first-order valence-electron chi connectivity index (χ1n) is 5.97. The standard InChI is InChI=1S/C13H15BrF2O2S/c1-2-18-12(17)5-3-4-6-19-13-10(15)7-9(14)8-11(13)16/h7-8H,2-6H2,1H3. The highest BCUT2D eigenvalue weighted by Gasteiger charge is 2.11. The zero-order chi connectivity index (χ0) is 14.3. The number of carbonyl (C=O) groups is 1. The monoisotopic (exact) mass is 352 g/mol. The number of hydrogen-bond acceptors (Lipinski definition) is 3. The van der Waals surface area contributed by atoms with Gasteiger partial charge in [0.15, 0.2) is 0 Å². The Kier molecular flexibility index (Phi) is 7.38. The quantitative estimate of drug-likeness (QED) is 0.409. The summed E-state index contributed by atoms with van der Waals surface area (Å²) in [5.41, 5.74) is 0. The Balaban J connectivity index is 2.32. The molecular formula is C13H15BrF2O2S. The van der Waals surface area contributed by atoms with E-state index >= 15 is 0 Å². The molecule has 1 aromatic carbocycles. The molecule has 0 aliphatic heterocycles. The number of thioether (sulfide) groups is 1. The van der Waals surface area contributed by atoms with Gasteiger partial charge >= 0.3 is 5.97 Å². The first kappa shape index (κ1) is 16.4. The minimum absolute atomic E-state index is 0.0272. The van der Waals surface area contributed by atoms with E-state index in [1.165, 1.54) is 12.1 Å². The van der Waals surface area contributed by atoms with Crippen LogP contribution in [0.1, 0.15) is 26.2 Å². The molecule has 2 nitrogen and oxygen atoms in total. The van der Waals surface area contributed by atoms with Gasteiger partial charge in [0.05, 0.1) is 11.5 Å². The second-order valence-corrected chi connectivity index (χ2v) is 5.83. The lowest BCUT2D eigenvalue weighted by Crippen LogP contribution is -2.03. The predicted molar refractivity (Wildman–Crippen MR) is 75.3 cm³/mol. The maximum atomic E-state index is 13.5. The molecule has 6 heteroatoms. The first-order chi connectivity index (χ1) is 9.04. The van der Waals surface area contributed by atoms with Gasteiger partial charge in [0, 0.05) is 10.9 Å². The van der Waals surface area contributed by atoms with Crippen LogP contribution in [-0.2, 0) is 9.53 Å². The number of unbranched alkanes of at least 4 members (excludes halogenated alkanes) is 1. The third-order valence-corrected chi connectivity index (χ3v) is 3.92. The van der Waals surface area contributed by atoms with Crippen LogP contribution in [0.5, 0.6) is 0 Å². The fraction of sp³-hybridized carbons (Fsp3) is 0.462. The summed E-state index contributed by atoms with van der Waals surface area (Å²) in [5, 5.41) is 0. The molecule has 0 amide bonds. The van der Waals surface area contributed by atoms with Crippen LogP contribution in [0.2, 0.25) is 0 Å². The van der Waals surface area contributed by atoms with Crippen molar-refractivity contribution in [1.29, 1.82) is 0 Å². The van der Waals surface area contributed by atoms with Gasteiger partial charge in [-0.2, -0.15) is 0 Å². The summed E-state index contributed by atoms with van der Waals surface area (Å²) in [6.07, 6.45) is 1.71. The Bertz CT molecular complexity index is 418. The third-order valence-electron chi connectivity index (χ3n) is 2.29. The fourth-order valence-electron chi connectivity index (χ4n) is 1.45. The number of hydrogen-bond donors (Lipinski definition) is 0. The molecule has 0 N–H and O–H groups in total. The molecule has 0 aliphatic carbocycles. The number of carbonyl (C=O) groups excluding carboxylic acids is 1. The summed E-state index contributed by atoms with van der Waals surface area (Å²) in [6.45, 7) is 2.13. The fourth-order valence-corrected chi connectivity index (χ4v) is 2.79. The summed E-state index contributed by atoms with van der Waals surface area (Å²) in [7, 11) is 0. The van der Waals surface area contributed by atoms with Gasteiger partial charge in [-0.15, -0.1) is 11.8 Å². The molecule has 0 unspecified atom stereocenters. The molecule has 0 saturated heterocycles. The van der Waals surface area contributed by atoms with Crippen LogP contribution < -0.4 is 0 Å². The smallest absolute Gasteiger partial charge is 0.305 e. The zero-order valence-corrected chi connectivity index (χ0v) is 13.0. The molecule has 0 saturated carbocycles. The molecule has 1 aromatic rings. The Labute approximate surface area is 124 Å². The third kappa shape index (κ3) is 5.91. The average Bonchev–Trinajstić information content (AvgIpc) is 2.31. The average molecular weight is 353 g/mol. The molecule has 0 spiro atoms. The van der Waals surface area contributed by atoms with E-state index in [1.807, 2.05) is 0 Å². The summed E-state index contributed by atoms with van der Waals surface area (Å²) in [6, 6.07) is 2.48. The van der Waals surface area contributed by atoms with Crippen molar-refractivity contribution in [2.45, 2.75) is 31.1 Å². The molecule has 0 bridgehead atoms. The largest absolute Gasteiger partial charge is 0.466 e. The van der Waals surface area contributed by atoms with Crippen molar-refractivity contribution < 1.29 is 18.3 Å². The zero-order valence-electron chi connectivity index (χ0n) is 10.5. The normalized spacial score (nSPS) is 10.5. The van der Waals surface area contributed by atoms with Crippen molar-refractivity contribution in [1.82, 2.24) is 0 Å². The van der Waals surface area contributed by atoms with Gasteiger partial charge in [0.25, 0.3) is 0 Å². The minimum atomic E-state index is -0.567.